The molecule has 1 saturated heterocycles. The topological polar surface area (TPSA) is 125 Å². The maximum absolute atomic E-state index is 12.3. The molecule has 0 aliphatic carbocycles. The van der Waals surface area contributed by atoms with Crippen LogP contribution in [-0.2, 0) is 28.8 Å². The number of unbranched alkanes of at least 4 members (excludes halogenated alkanes) is 1. The summed E-state index contributed by atoms with van der Waals surface area (Å²) in [6.45, 7) is 2.07. The highest BCUT2D eigenvalue weighted by atomic mass is 16.7. The zero-order valence-electron chi connectivity index (χ0n) is 16.1. The average molecular weight is 388 g/mol. The van der Waals surface area contributed by atoms with Crippen LogP contribution >= 0.6 is 0 Å². The van der Waals surface area contributed by atoms with Crippen LogP contribution in [0.15, 0.2) is 0 Å². The van der Waals surface area contributed by atoms with E-state index in [9.17, 15) is 24.0 Å². The van der Waals surface area contributed by atoms with E-state index in [0.29, 0.717) is 18.0 Å². The minimum absolute atomic E-state index is 0.0370. The first kappa shape index (κ1) is 22.6. The molecular weight excluding hydrogens is 360 g/mol. The number of nitrogens with zero attached hydrogens (tertiary/aromatic N) is 2. The lowest BCUT2D eigenvalue weighted by atomic mass is 10.1. The van der Waals surface area contributed by atoms with Crippen molar-refractivity contribution in [1.82, 2.24) is 20.6 Å². The molecule has 27 heavy (non-hydrogen) atoms. The van der Waals surface area contributed by atoms with Crippen LogP contribution in [0.5, 0.6) is 0 Å². The van der Waals surface area contributed by atoms with Gasteiger partial charge >= 0.3 is 5.97 Å². The summed E-state index contributed by atoms with van der Waals surface area (Å²) in [7, 11) is 3.58. The third-order valence-corrected chi connectivity index (χ3v) is 4.03. The third-order valence-electron chi connectivity index (χ3n) is 4.03. The number of rotatable bonds is 11. The fourth-order valence-corrected chi connectivity index (χ4v) is 2.56. The number of hydrogen-bond acceptors (Lipinski definition) is 7. The zero-order valence-corrected chi connectivity index (χ0v) is 16.1. The van der Waals surface area contributed by atoms with Crippen molar-refractivity contribution in [2.75, 3.05) is 27.2 Å². The van der Waals surface area contributed by atoms with Gasteiger partial charge in [-0.15, -0.1) is 5.06 Å². The van der Waals surface area contributed by atoms with Crippen LogP contribution in [0.1, 0.15) is 45.4 Å². The van der Waals surface area contributed by atoms with Crippen molar-refractivity contribution in [3.63, 3.8) is 0 Å². The second-order valence-electron chi connectivity index (χ2n) is 6.54. The fourth-order valence-electron chi connectivity index (χ4n) is 2.56. The molecule has 0 saturated carbocycles. The van der Waals surface area contributed by atoms with E-state index in [0.717, 1.165) is 12.8 Å². The lowest BCUT2D eigenvalue weighted by Crippen LogP contribution is -2.44. The molecule has 1 unspecified atom stereocenters. The van der Waals surface area contributed by atoms with Crippen molar-refractivity contribution >= 4 is 29.6 Å². The van der Waals surface area contributed by atoms with Gasteiger partial charge in [0.25, 0.3) is 11.8 Å². The Labute approximate surface area is 158 Å². The minimum Gasteiger partial charge on any atom is -0.356 e. The second-order valence-corrected chi connectivity index (χ2v) is 6.54. The quantitative estimate of drug-likeness (QED) is 0.208. The summed E-state index contributed by atoms with van der Waals surface area (Å²) in [5, 5.41) is 5.85. The van der Waals surface area contributed by atoms with Gasteiger partial charge in [-0.2, -0.15) is 0 Å². The van der Waals surface area contributed by atoms with Crippen molar-refractivity contribution in [3.05, 3.63) is 0 Å². The smallest absolute Gasteiger partial charge is 0.334 e. The number of imide groups is 1. The first-order chi connectivity index (χ1) is 12.7. The Balaban J connectivity index is 2.30. The standard InChI is InChI=1S/C17H28N4O6/c1-12(22)18-10-5-4-6-13(20(2)3)17(26)19-11-9-16(25)27-21-14(23)7-8-15(21)24/h13H,4-11H2,1-3H3,(H,18,22)(H,19,26)/i1+1,10+1,12+1,19+1. The largest absolute Gasteiger partial charge is 0.356 e. The number of amides is 4. The average Bonchev–Trinajstić information content (AvgIpc) is 2.89. The zero-order chi connectivity index (χ0) is 20.4. The third kappa shape index (κ3) is 8.16. The van der Waals surface area contributed by atoms with Gasteiger partial charge in [-0.3, -0.25) is 24.1 Å². The second kappa shape index (κ2) is 11.3. The molecule has 4 amide bonds. The van der Waals surface area contributed by atoms with Crippen molar-refractivity contribution in [3.8, 4) is 0 Å². The highest BCUT2D eigenvalue weighted by molar-refractivity contribution is 6.01. The van der Waals surface area contributed by atoms with Crippen molar-refractivity contribution in [2.45, 2.75) is 51.5 Å². The molecule has 1 atom stereocenters. The van der Waals surface area contributed by atoms with Crippen molar-refractivity contribution in [1.29, 1.82) is 0 Å². The number of hydrogen-bond donors (Lipinski definition) is 2. The number of hydroxylamine groups is 2. The first-order valence-electron chi connectivity index (χ1n) is 8.97. The molecule has 0 aromatic rings. The summed E-state index contributed by atoms with van der Waals surface area (Å²) >= 11 is 0. The van der Waals surface area contributed by atoms with E-state index in [1.165, 1.54) is 6.92 Å². The number of likely N-dealkylation sites (N-methyl/N-ethyl adjacent to an activating group) is 1. The Bertz CT molecular complexity index is 562. The van der Waals surface area contributed by atoms with Crippen LogP contribution in [-0.4, -0.2) is 72.8 Å². The van der Waals surface area contributed by atoms with Crippen LogP contribution in [0, 0.1) is 0 Å². The van der Waals surface area contributed by atoms with Gasteiger partial charge < -0.3 is 15.5 Å². The Kier molecular flexibility index (Phi) is 9.41. The molecule has 1 rings (SSSR count). The predicted molar refractivity (Wildman–Crippen MR) is 94.8 cm³/mol. The highest BCUT2D eigenvalue weighted by Crippen LogP contribution is 2.12. The van der Waals surface area contributed by atoms with Gasteiger partial charge in [0.05, 0.1) is 12.5 Å². The Morgan fingerprint density at radius 3 is 2.26 bits per heavy atom. The monoisotopic (exact) mass is 388 g/mol. The summed E-state index contributed by atoms with van der Waals surface area (Å²) in [5.74, 6) is -2.13. The molecule has 1 aliphatic rings. The molecule has 2 N–H and O–H groups in total. The van der Waals surface area contributed by atoms with Gasteiger partial charge in [-0.25, -0.2) is 4.79 Å². The lowest BCUT2D eigenvalue weighted by molar-refractivity contribution is -0.197. The van der Waals surface area contributed by atoms with Crippen molar-refractivity contribution < 1.29 is 28.8 Å². The molecule has 152 valence electrons. The van der Waals surface area contributed by atoms with Crippen LogP contribution in [0.2, 0.25) is 0 Å². The molecule has 1 fully saturated rings. The molecule has 0 bridgehead atoms. The Morgan fingerprint density at radius 1 is 1.07 bits per heavy atom. The summed E-state index contributed by atoms with van der Waals surface area (Å²) in [6.07, 6.45) is 2.06. The molecule has 0 spiro atoms. The van der Waals surface area contributed by atoms with Crippen LogP contribution in [0.3, 0.4) is 0 Å². The Morgan fingerprint density at radius 2 is 1.70 bits per heavy atom. The van der Waals surface area contributed by atoms with Gasteiger partial charge in [0.15, 0.2) is 0 Å². The number of carbonyl (C=O) groups is 5. The first-order valence-corrected chi connectivity index (χ1v) is 8.97. The normalized spacial score (nSPS) is 15.0. The number of carbonyl (C=O) groups excluding carboxylic acids is 5. The van der Waals surface area contributed by atoms with Gasteiger partial charge in [-0.1, -0.05) is 0 Å². The van der Waals surface area contributed by atoms with Gasteiger partial charge in [0, 0.05) is 32.9 Å². The maximum Gasteiger partial charge on any atom is 0.334 e. The van der Waals surface area contributed by atoms with E-state index in [-0.39, 0.29) is 43.7 Å². The molecule has 0 aromatic carbocycles. The van der Waals surface area contributed by atoms with Crippen LogP contribution in [0.25, 0.3) is 0 Å². The highest BCUT2D eigenvalue weighted by Gasteiger charge is 2.32. The molecule has 1 aliphatic heterocycles. The SMILES string of the molecule is CN(C)C(CCC[13CH2]N[13C]([13CH3])=O)C(=O)[15NH]CCC(=O)ON1C(=O)CCC1=O. The molecule has 1 heterocycles. The van der Waals surface area contributed by atoms with E-state index < -0.39 is 17.8 Å². The summed E-state index contributed by atoms with van der Waals surface area (Å²) in [5.41, 5.74) is 0. The lowest BCUT2D eigenvalue weighted by Gasteiger charge is -2.23. The van der Waals surface area contributed by atoms with Crippen LogP contribution in [0.4, 0.5) is 0 Å². The summed E-state index contributed by atoms with van der Waals surface area (Å²) in [4.78, 5) is 64.1. The molecule has 10 heteroatoms. The summed E-state index contributed by atoms with van der Waals surface area (Å²) < 4.78 is 0. The van der Waals surface area contributed by atoms with E-state index in [1.54, 1.807) is 19.0 Å². The van der Waals surface area contributed by atoms with E-state index in [2.05, 4.69) is 10.6 Å². The molecule has 0 radical (unpaired) electrons. The predicted octanol–water partition coefficient (Wildman–Crippen LogP) is -0.663. The van der Waals surface area contributed by atoms with Crippen LogP contribution < -0.4 is 10.6 Å². The molecule has 0 aromatic heterocycles. The van der Waals surface area contributed by atoms with E-state index >= 15 is 0 Å². The Hall–Kier alpha value is -2.49. The summed E-state index contributed by atoms with van der Waals surface area (Å²) in [6, 6.07) is -0.361. The van der Waals surface area contributed by atoms with E-state index in [1.807, 2.05) is 0 Å². The maximum atomic E-state index is 12.3. The molecule has 10 nitrogen and oxygen atoms in total. The van der Waals surface area contributed by atoms with Crippen molar-refractivity contribution in [2.24, 2.45) is 0 Å². The van der Waals surface area contributed by atoms with Gasteiger partial charge in [0.1, 0.15) is 0 Å². The number of nitrogens with one attached hydrogen (secondary N) is 2. The van der Waals surface area contributed by atoms with Gasteiger partial charge in [0.2, 0.25) is 11.8 Å². The van der Waals surface area contributed by atoms with Gasteiger partial charge in [-0.05, 0) is 33.4 Å². The molecular formula is C17H28N4O6. The fraction of sp³-hybridized carbons (Fsp3) is 0.706. The minimum atomic E-state index is -0.754. The van der Waals surface area contributed by atoms with E-state index in [4.69, 9.17) is 4.84 Å².